The number of rotatable bonds is 1. The van der Waals surface area contributed by atoms with Gasteiger partial charge in [-0.2, -0.15) is 5.26 Å². The van der Waals surface area contributed by atoms with E-state index in [-0.39, 0.29) is 12.5 Å². The number of nitrogens with zero attached hydrogens (tertiary/aromatic N) is 3. The van der Waals surface area contributed by atoms with Crippen LogP contribution in [0.4, 0.5) is 11.5 Å². The molecule has 1 aromatic rings. The van der Waals surface area contributed by atoms with Crippen molar-refractivity contribution in [3.8, 4) is 6.07 Å². The quantitative estimate of drug-likeness (QED) is 0.659. The van der Waals surface area contributed by atoms with Gasteiger partial charge in [0, 0.05) is 19.3 Å². The Balaban J connectivity index is 2.33. The second kappa shape index (κ2) is 4.06. The van der Waals surface area contributed by atoms with Crippen LogP contribution in [-0.4, -0.2) is 30.5 Å². The predicted octanol–water partition coefficient (Wildman–Crippen LogP) is -0.528. The second-order valence-corrected chi connectivity index (χ2v) is 3.48. The summed E-state index contributed by atoms with van der Waals surface area (Å²) in [4.78, 5) is 17.1. The summed E-state index contributed by atoms with van der Waals surface area (Å²) in [6.45, 7) is 1.45. The van der Waals surface area contributed by atoms with Gasteiger partial charge in [-0.15, -0.1) is 0 Å². The molecular formula is C10H11N5O. The van der Waals surface area contributed by atoms with Gasteiger partial charge in [0.05, 0.1) is 17.8 Å². The second-order valence-electron chi connectivity index (χ2n) is 3.48. The number of nitrogens with two attached hydrogens (primary N) is 1. The van der Waals surface area contributed by atoms with Gasteiger partial charge in [0.25, 0.3) is 0 Å². The average molecular weight is 217 g/mol. The number of hydrogen-bond acceptors (Lipinski definition) is 5. The molecule has 1 amide bonds. The highest BCUT2D eigenvalue weighted by Gasteiger charge is 2.20. The van der Waals surface area contributed by atoms with E-state index in [2.05, 4.69) is 10.3 Å². The maximum atomic E-state index is 11.2. The van der Waals surface area contributed by atoms with Crippen molar-refractivity contribution in [3.05, 3.63) is 17.8 Å². The van der Waals surface area contributed by atoms with Crippen LogP contribution in [0.25, 0.3) is 0 Å². The van der Waals surface area contributed by atoms with Crippen LogP contribution in [0, 0.1) is 11.3 Å². The van der Waals surface area contributed by atoms with Gasteiger partial charge in [0.2, 0.25) is 5.91 Å². The number of nitriles is 1. The highest BCUT2D eigenvalue weighted by molar-refractivity contribution is 5.84. The molecule has 0 unspecified atom stereocenters. The van der Waals surface area contributed by atoms with Crippen molar-refractivity contribution >= 4 is 17.4 Å². The maximum absolute atomic E-state index is 11.2. The van der Waals surface area contributed by atoms with Crippen LogP contribution in [0.5, 0.6) is 0 Å². The third-order valence-electron chi connectivity index (χ3n) is 2.43. The molecule has 0 aromatic carbocycles. The Kier molecular flexibility index (Phi) is 2.60. The zero-order valence-electron chi connectivity index (χ0n) is 8.60. The molecule has 3 N–H and O–H groups in total. The van der Waals surface area contributed by atoms with E-state index in [0.29, 0.717) is 30.2 Å². The molecule has 1 saturated heterocycles. The molecule has 16 heavy (non-hydrogen) atoms. The first-order valence-corrected chi connectivity index (χ1v) is 4.88. The molecule has 0 atom stereocenters. The zero-order valence-corrected chi connectivity index (χ0v) is 8.60. The molecule has 6 heteroatoms. The van der Waals surface area contributed by atoms with Crippen LogP contribution in [-0.2, 0) is 4.79 Å². The van der Waals surface area contributed by atoms with Gasteiger partial charge in [0.1, 0.15) is 6.07 Å². The highest BCUT2D eigenvalue weighted by Crippen LogP contribution is 2.23. The third kappa shape index (κ3) is 1.75. The van der Waals surface area contributed by atoms with E-state index in [1.54, 1.807) is 11.0 Å². The topological polar surface area (TPSA) is 95.0 Å². The maximum Gasteiger partial charge on any atom is 0.239 e. The number of carbonyl (C=O) groups is 1. The third-order valence-corrected chi connectivity index (χ3v) is 2.43. The normalized spacial score (nSPS) is 15.4. The number of nitrogens with one attached hydrogen (secondary N) is 1. The molecule has 0 saturated carbocycles. The average Bonchev–Trinajstić information content (AvgIpc) is 2.29. The van der Waals surface area contributed by atoms with Crippen LogP contribution < -0.4 is 16.0 Å². The Bertz CT molecular complexity index is 465. The number of amides is 1. The molecular weight excluding hydrogens is 206 g/mol. The van der Waals surface area contributed by atoms with Gasteiger partial charge in [-0.3, -0.25) is 4.79 Å². The van der Waals surface area contributed by atoms with Gasteiger partial charge in [-0.05, 0) is 6.07 Å². The highest BCUT2D eigenvalue weighted by atomic mass is 16.2. The van der Waals surface area contributed by atoms with E-state index in [0.717, 1.165) is 0 Å². The van der Waals surface area contributed by atoms with Crippen molar-refractivity contribution < 1.29 is 4.79 Å². The molecule has 82 valence electrons. The van der Waals surface area contributed by atoms with Crippen LogP contribution in [0.1, 0.15) is 5.56 Å². The van der Waals surface area contributed by atoms with E-state index < -0.39 is 0 Å². The Morgan fingerprint density at radius 3 is 3.12 bits per heavy atom. The van der Waals surface area contributed by atoms with Crippen LogP contribution >= 0.6 is 0 Å². The van der Waals surface area contributed by atoms with E-state index >= 15 is 0 Å². The smallest absolute Gasteiger partial charge is 0.239 e. The van der Waals surface area contributed by atoms with Gasteiger partial charge in [-0.1, -0.05) is 0 Å². The number of aromatic nitrogens is 1. The SMILES string of the molecule is N#Cc1ccnc(N2CCNC(=O)C2)c1N. The molecule has 2 heterocycles. The van der Waals surface area contributed by atoms with Crippen molar-refractivity contribution in [1.29, 1.82) is 5.26 Å². The molecule has 1 aliphatic heterocycles. The Morgan fingerprint density at radius 2 is 2.44 bits per heavy atom. The molecule has 0 spiro atoms. The summed E-state index contributed by atoms with van der Waals surface area (Å²) in [5.74, 6) is 0.448. The van der Waals surface area contributed by atoms with Gasteiger partial charge < -0.3 is 16.0 Å². The minimum Gasteiger partial charge on any atom is -0.395 e. The monoisotopic (exact) mass is 217 g/mol. The van der Waals surface area contributed by atoms with Crippen molar-refractivity contribution in [2.45, 2.75) is 0 Å². The minimum atomic E-state index is -0.0604. The molecule has 0 radical (unpaired) electrons. The summed E-state index contributed by atoms with van der Waals surface area (Å²) in [6, 6.07) is 3.55. The summed E-state index contributed by atoms with van der Waals surface area (Å²) >= 11 is 0. The van der Waals surface area contributed by atoms with Gasteiger partial charge in [-0.25, -0.2) is 4.98 Å². The Labute approximate surface area is 92.7 Å². The lowest BCUT2D eigenvalue weighted by atomic mass is 10.2. The summed E-state index contributed by atoms with van der Waals surface area (Å²) in [7, 11) is 0. The van der Waals surface area contributed by atoms with E-state index in [1.165, 1.54) is 6.20 Å². The Morgan fingerprint density at radius 1 is 1.62 bits per heavy atom. The first kappa shape index (κ1) is 10.2. The van der Waals surface area contributed by atoms with E-state index in [9.17, 15) is 4.79 Å². The molecule has 1 aliphatic rings. The summed E-state index contributed by atoms with van der Waals surface area (Å²) in [6.07, 6.45) is 1.52. The first-order chi connectivity index (χ1) is 7.72. The largest absolute Gasteiger partial charge is 0.395 e. The Hall–Kier alpha value is -2.29. The number of carbonyl (C=O) groups excluding carboxylic acids is 1. The molecule has 6 nitrogen and oxygen atoms in total. The predicted molar refractivity (Wildman–Crippen MR) is 58.6 cm³/mol. The van der Waals surface area contributed by atoms with Crippen molar-refractivity contribution in [1.82, 2.24) is 10.3 Å². The zero-order chi connectivity index (χ0) is 11.5. The molecule has 1 fully saturated rings. The van der Waals surface area contributed by atoms with Gasteiger partial charge in [0.15, 0.2) is 5.82 Å². The number of piperazine rings is 1. The fourth-order valence-corrected chi connectivity index (χ4v) is 1.63. The minimum absolute atomic E-state index is 0.0604. The van der Waals surface area contributed by atoms with Crippen LogP contribution in [0.3, 0.4) is 0 Å². The lowest BCUT2D eigenvalue weighted by Crippen LogP contribution is -2.48. The number of hydrogen-bond donors (Lipinski definition) is 2. The number of anilines is 2. The van der Waals surface area contributed by atoms with Crippen molar-refractivity contribution in [2.24, 2.45) is 0 Å². The molecule has 1 aromatic heterocycles. The van der Waals surface area contributed by atoms with E-state index in [1.807, 2.05) is 6.07 Å². The van der Waals surface area contributed by atoms with Crippen molar-refractivity contribution in [2.75, 3.05) is 30.3 Å². The van der Waals surface area contributed by atoms with Crippen LogP contribution in [0.15, 0.2) is 12.3 Å². The standard InChI is InChI=1S/C10H11N5O/c11-5-7-1-2-14-10(9(7)12)15-4-3-13-8(16)6-15/h1-2H,3-4,6,12H2,(H,13,16). The number of nitrogen functional groups attached to an aromatic ring is 1. The molecule has 2 rings (SSSR count). The molecule has 0 aliphatic carbocycles. The summed E-state index contributed by atoms with van der Waals surface area (Å²) in [5, 5.41) is 11.6. The van der Waals surface area contributed by atoms with Crippen LogP contribution in [0.2, 0.25) is 0 Å². The molecule has 0 bridgehead atoms. The fourth-order valence-electron chi connectivity index (χ4n) is 1.63. The van der Waals surface area contributed by atoms with E-state index in [4.69, 9.17) is 11.0 Å². The lowest BCUT2D eigenvalue weighted by Gasteiger charge is -2.28. The van der Waals surface area contributed by atoms with Crippen molar-refractivity contribution in [3.63, 3.8) is 0 Å². The van der Waals surface area contributed by atoms with Gasteiger partial charge >= 0.3 is 0 Å². The lowest BCUT2D eigenvalue weighted by molar-refractivity contribution is -0.120. The number of pyridine rings is 1. The fraction of sp³-hybridized carbons (Fsp3) is 0.300. The summed E-state index contributed by atoms with van der Waals surface area (Å²) < 4.78 is 0. The summed E-state index contributed by atoms with van der Waals surface area (Å²) in [5.41, 5.74) is 6.53. The first-order valence-electron chi connectivity index (χ1n) is 4.88.